The number of sulfone groups is 1. The van der Waals surface area contributed by atoms with Crippen LogP contribution in [0.15, 0.2) is 18.2 Å². The summed E-state index contributed by atoms with van der Waals surface area (Å²) in [6.45, 7) is 4.00. The zero-order valence-electron chi connectivity index (χ0n) is 13.1. The van der Waals surface area contributed by atoms with Gasteiger partial charge in [-0.2, -0.15) is 0 Å². The Morgan fingerprint density at radius 3 is 2.38 bits per heavy atom. The molecule has 1 atom stereocenters. The third kappa shape index (κ3) is 5.55. The van der Waals surface area contributed by atoms with E-state index in [1.807, 2.05) is 13.8 Å². The summed E-state index contributed by atoms with van der Waals surface area (Å²) in [6.07, 6.45) is 0.643. The Morgan fingerprint density at radius 1 is 1.19 bits per heavy atom. The number of hydrogen-bond acceptors (Lipinski definition) is 5. The molecule has 0 aliphatic carbocycles. The summed E-state index contributed by atoms with van der Waals surface area (Å²) >= 11 is 0. The van der Waals surface area contributed by atoms with Gasteiger partial charge in [-0.25, -0.2) is 8.42 Å². The molecule has 0 fully saturated rings. The van der Waals surface area contributed by atoms with Gasteiger partial charge in [0.05, 0.1) is 25.7 Å². The standard InChI is InChI=1S/C15H25NO4S/c1-11(2)7-8-21(17,18)10-14(16)13-9-12(19-3)5-6-15(13)20-4/h5-6,9,11,14H,7-8,10,16H2,1-4H3. The van der Waals surface area contributed by atoms with Crippen LogP contribution in [0.4, 0.5) is 0 Å². The second-order valence-corrected chi connectivity index (χ2v) is 7.74. The van der Waals surface area contributed by atoms with E-state index in [1.54, 1.807) is 25.3 Å². The lowest BCUT2D eigenvalue weighted by atomic mass is 10.1. The molecule has 120 valence electrons. The molecule has 0 heterocycles. The number of ether oxygens (including phenoxy) is 2. The van der Waals surface area contributed by atoms with E-state index < -0.39 is 15.9 Å². The minimum Gasteiger partial charge on any atom is -0.497 e. The van der Waals surface area contributed by atoms with Gasteiger partial charge in [0.15, 0.2) is 9.84 Å². The highest BCUT2D eigenvalue weighted by atomic mass is 32.2. The van der Waals surface area contributed by atoms with Gasteiger partial charge in [-0.3, -0.25) is 0 Å². The van der Waals surface area contributed by atoms with E-state index >= 15 is 0 Å². The number of benzene rings is 1. The number of methoxy groups -OCH3 is 2. The second-order valence-electron chi connectivity index (χ2n) is 5.51. The van der Waals surface area contributed by atoms with Crippen molar-refractivity contribution in [3.05, 3.63) is 23.8 Å². The molecule has 0 aliphatic heterocycles. The quantitative estimate of drug-likeness (QED) is 0.795. The van der Waals surface area contributed by atoms with Crippen LogP contribution < -0.4 is 15.2 Å². The molecule has 0 aromatic heterocycles. The Morgan fingerprint density at radius 2 is 1.86 bits per heavy atom. The van der Waals surface area contributed by atoms with Gasteiger partial charge in [-0.1, -0.05) is 13.8 Å². The maximum Gasteiger partial charge on any atom is 0.152 e. The molecule has 1 aromatic carbocycles. The molecular weight excluding hydrogens is 290 g/mol. The third-order valence-electron chi connectivity index (χ3n) is 3.28. The molecule has 0 bridgehead atoms. The van der Waals surface area contributed by atoms with Crippen LogP contribution in [0.5, 0.6) is 11.5 Å². The third-order valence-corrected chi connectivity index (χ3v) is 5.00. The highest BCUT2D eigenvalue weighted by molar-refractivity contribution is 7.91. The lowest BCUT2D eigenvalue weighted by Gasteiger charge is -2.17. The highest BCUT2D eigenvalue weighted by Gasteiger charge is 2.21. The molecule has 0 aliphatic rings. The van der Waals surface area contributed by atoms with Gasteiger partial charge in [0, 0.05) is 11.6 Å². The van der Waals surface area contributed by atoms with Crippen molar-refractivity contribution in [2.75, 3.05) is 25.7 Å². The van der Waals surface area contributed by atoms with Crippen molar-refractivity contribution in [3.63, 3.8) is 0 Å². The second kappa shape index (κ2) is 7.66. The number of rotatable bonds is 8. The first-order valence-corrected chi connectivity index (χ1v) is 8.79. The topological polar surface area (TPSA) is 78.6 Å². The average Bonchev–Trinajstić information content (AvgIpc) is 2.44. The molecule has 2 N–H and O–H groups in total. The Bertz CT molecular complexity index is 555. The largest absolute Gasteiger partial charge is 0.497 e. The molecule has 1 aromatic rings. The molecule has 5 nitrogen and oxygen atoms in total. The van der Waals surface area contributed by atoms with Gasteiger partial charge < -0.3 is 15.2 Å². The first kappa shape index (κ1) is 17.8. The molecule has 0 spiro atoms. The maximum atomic E-state index is 12.1. The zero-order chi connectivity index (χ0) is 16.0. The first-order valence-electron chi connectivity index (χ1n) is 6.97. The predicted octanol–water partition coefficient (Wildman–Crippen LogP) is 2.16. The van der Waals surface area contributed by atoms with Crippen molar-refractivity contribution in [2.24, 2.45) is 11.7 Å². The summed E-state index contributed by atoms with van der Waals surface area (Å²) in [4.78, 5) is 0. The van der Waals surface area contributed by atoms with E-state index in [0.717, 1.165) is 0 Å². The van der Waals surface area contributed by atoms with Crippen LogP contribution in [-0.4, -0.2) is 34.1 Å². The first-order chi connectivity index (χ1) is 9.79. The lowest BCUT2D eigenvalue weighted by molar-refractivity contribution is 0.396. The molecule has 0 amide bonds. The summed E-state index contributed by atoms with van der Waals surface area (Å²) in [5.41, 5.74) is 6.72. The van der Waals surface area contributed by atoms with E-state index in [9.17, 15) is 8.42 Å². The van der Waals surface area contributed by atoms with Gasteiger partial charge in [-0.15, -0.1) is 0 Å². The molecule has 1 unspecified atom stereocenters. The fraction of sp³-hybridized carbons (Fsp3) is 0.600. The monoisotopic (exact) mass is 315 g/mol. The van der Waals surface area contributed by atoms with Crippen molar-refractivity contribution >= 4 is 9.84 Å². The van der Waals surface area contributed by atoms with Crippen LogP contribution >= 0.6 is 0 Å². The minimum absolute atomic E-state index is 0.0940. The summed E-state index contributed by atoms with van der Waals surface area (Å²) in [6, 6.07) is 4.57. The van der Waals surface area contributed by atoms with Gasteiger partial charge in [0.25, 0.3) is 0 Å². The van der Waals surface area contributed by atoms with Crippen LogP contribution in [-0.2, 0) is 9.84 Å². The number of hydrogen-bond donors (Lipinski definition) is 1. The molecular formula is C15H25NO4S. The number of nitrogens with two attached hydrogens (primary N) is 1. The Balaban J connectivity index is 2.90. The van der Waals surface area contributed by atoms with E-state index in [4.69, 9.17) is 15.2 Å². The van der Waals surface area contributed by atoms with E-state index in [1.165, 1.54) is 7.11 Å². The van der Waals surface area contributed by atoms with Crippen molar-refractivity contribution in [1.82, 2.24) is 0 Å². The minimum atomic E-state index is -3.19. The maximum absolute atomic E-state index is 12.1. The average molecular weight is 315 g/mol. The molecule has 0 radical (unpaired) electrons. The van der Waals surface area contributed by atoms with Crippen LogP contribution in [0, 0.1) is 5.92 Å². The van der Waals surface area contributed by atoms with Crippen molar-refractivity contribution in [1.29, 1.82) is 0 Å². The molecule has 1 rings (SSSR count). The van der Waals surface area contributed by atoms with Crippen molar-refractivity contribution in [2.45, 2.75) is 26.3 Å². The molecule has 0 saturated heterocycles. The van der Waals surface area contributed by atoms with Crippen molar-refractivity contribution < 1.29 is 17.9 Å². The molecule has 6 heteroatoms. The Kier molecular flexibility index (Phi) is 6.48. The van der Waals surface area contributed by atoms with Crippen LogP contribution in [0.3, 0.4) is 0 Å². The highest BCUT2D eigenvalue weighted by Crippen LogP contribution is 2.29. The lowest BCUT2D eigenvalue weighted by Crippen LogP contribution is -2.24. The summed E-state index contributed by atoms with van der Waals surface area (Å²) < 4.78 is 34.6. The van der Waals surface area contributed by atoms with Gasteiger partial charge >= 0.3 is 0 Å². The molecule has 21 heavy (non-hydrogen) atoms. The predicted molar refractivity (Wildman–Crippen MR) is 84.6 cm³/mol. The summed E-state index contributed by atoms with van der Waals surface area (Å²) in [7, 11) is -0.105. The van der Waals surface area contributed by atoms with Crippen LogP contribution in [0.2, 0.25) is 0 Å². The Labute approximate surface area is 127 Å². The zero-order valence-corrected chi connectivity index (χ0v) is 13.9. The van der Waals surface area contributed by atoms with Gasteiger partial charge in [-0.05, 0) is 30.5 Å². The summed E-state index contributed by atoms with van der Waals surface area (Å²) in [5.74, 6) is 1.61. The molecule has 0 saturated carbocycles. The van der Waals surface area contributed by atoms with Crippen LogP contribution in [0.1, 0.15) is 31.9 Å². The smallest absolute Gasteiger partial charge is 0.152 e. The van der Waals surface area contributed by atoms with Crippen LogP contribution in [0.25, 0.3) is 0 Å². The SMILES string of the molecule is COc1ccc(OC)c(C(N)CS(=O)(=O)CCC(C)C)c1. The van der Waals surface area contributed by atoms with Crippen molar-refractivity contribution in [3.8, 4) is 11.5 Å². The normalized spacial score (nSPS) is 13.2. The Hall–Kier alpha value is -1.27. The van der Waals surface area contributed by atoms with Gasteiger partial charge in [0.2, 0.25) is 0 Å². The van der Waals surface area contributed by atoms with E-state index in [0.29, 0.717) is 29.4 Å². The fourth-order valence-corrected chi connectivity index (χ4v) is 3.72. The van der Waals surface area contributed by atoms with Gasteiger partial charge in [0.1, 0.15) is 11.5 Å². The van der Waals surface area contributed by atoms with E-state index in [2.05, 4.69) is 0 Å². The summed E-state index contributed by atoms with van der Waals surface area (Å²) in [5, 5.41) is 0. The fourth-order valence-electron chi connectivity index (χ4n) is 1.99. The van der Waals surface area contributed by atoms with E-state index in [-0.39, 0.29) is 11.5 Å².